The molecule has 0 fully saturated rings. The van der Waals surface area contributed by atoms with Crippen molar-refractivity contribution < 1.29 is 0 Å². The summed E-state index contributed by atoms with van der Waals surface area (Å²) in [6, 6.07) is 42.6. The maximum Gasteiger partial charge on any atom is 0.171 e. The molecule has 4 aromatic rings. The zero-order valence-corrected chi connectivity index (χ0v) is 22.4. The number of hydrogen-bond donors (Lipinski definition) is 1. The van der Waals surface area contributed by atoms with Crippen molar-refractivity contribution in [2.45, 2.75) is 19.6 Å². The van der Waals surface area contributed by atoms with Crippen LogP contribution in [0.25, 0.3) is 0 Å². The van der Waals surface area contributed by atoms with Gasteiger partial charge in [-0.3, -0.25) is 0 Å². The van der Waals surface area contributed by atoms with Crippen LogP contribution in [0.4, 0.5) is 0 Å². The van der Waals surface area contributed by atoms with Gasteiger partial charge in [0.1, 0.15) is 0 Å². The summed E-state index contributed by atoms with van der Waals surface area (Å²) in [4.78, 5) is 0. The molecule has 4 rings (SSSR count). The molecule has 0 aliphatic heterocycles. The molecule has 33 heavy (non-hydrogen) atoms. The fraction of sp³-hybridized carbons (Fsp3) is 0.143. The zero-order chi connectivity index (χ0) is 23.4. The minimum atomic E-state index is -2.48. The van der Waals surface area contributed by atoms with Gasteiger partial charge in [0.2, 0.25) is 0 Å². The number of nitrogens with zero attached hydrogens (tertiary/aromatic N) is 1. The molecular formula is C28H32N2P2Si. The van der Waals surface area contributed by atoms with Crippen LogP contribution in [0.3, 0.4) is 0 Å². The van der Waals surface area contributed by atoms with Crippen LogP contribution in [-0.2, 0) is 0 Å². The predicted octanol–water partition coefficient (Wildman–Crippen LogP) is 7.06. The van der Waals surface area contributed by atoms with E-state index in [1.807, 2.05) is 12.1 Å². The summed E-state index contributed by atoms with van der Waals surface area (Å²) in [6.07, 6.45) is 0. The minimum Gasteiger partial charge on any atom is -0.329 e. The van der Waals surface area contributed by atoms with Crippen molar-refractivity contribution in [3.8, 4) is 0 Å². The van der Waals surface area contributed by atoms with Gasteiger partial charge in [-0.1, -0.05) is 141 Å². The van der Waals surface area contributed by atoms with E-state index in [2.05, 4.69) is 129 Å². The van der Waals surface area contributed by atoms with Gasteiger partial charge in [-0.15, -0.1) is 0 Å². The quantitative estimate of drug-likeness (QED) is 0.214. The molecule has 4 aromatic carbocycles. The lowest BCUT2D eigenvalue weighted by Gasteiger charge is -2.35. The molecule has 0 saturated carbocycles. The Labute approximate surface area is 199 Å². The van der Waals surface area contributed by atoms with Crippen LogP contribution in [0.2, 0.25) is 19.6 Å². The first kappa shape index (κ1) is 23.7. The van der Waals surface area contributed by atoms with E-state index < -0.39 is 22.3 Å². The van der Waals surface area contributed by atoms with E-state index in [-0.39, 0.29) is 0 Å². The molecule has 5 heteroatoms. The van der Waals surface area contributed by atoms with Crippen LogP contribution in [0.15, 0.2) is 126 Å². The predicted molar refractivity (Wildman–Crippen MR) is 152 cm³/mol. The Kier molecular flexibility index (Phi) is 7.05. The van der Waals surface area contributed by atoms with Gasteiger partial charge < -0.3 is 9.57 Å². The lowest BCUT2D eigenvalue weighted by molar-refractivity contribution is 1.55. The smallest absolute Gasteiger partial charge is 0.171 e. The highest BCUT2D eigenvalue weighted by Gasteiger charge is 2.35. The van der Waals surface area contributed by atoms with Gasteiger partial charge in [-0.25, -0.2) is 0 Å². The number of nitrogens with one attached hydrogen (secondary N) is 1. The van der Waals surface area contributed by atoms with Crippen molar-refractivity contribution >= 4 is 43.6 Å². The van der Waals surface area contributed by atoms with E-state index in [0.717, 1.165) is 16.5 Å². The highest BCUT2D eigenvalue weighted by atomic mass is 31.2. The van der Waals surface area contributed by atoms with E-state index >= 15 is 0 Å². The summed E-state index contributed by atoms with van der Waals surface area (Å²) in [5.74, 6) is 0.742. The molecule has 0 unspecified atom stereocenters. The van der Waals surface area contributed by atoms with Crippen LogP contribution in [0.1, 0.15) is 0 Å². The third-order valence-corrected chi connectivity index (χ3v) is 17.4. The third kappa shape index (κ3) is 5.22. The first-order chi connectivity index (χ1) is 15.8. The van der Waals surface area contributed by atoms with Crippen LogP contribution in [0, 0.1) is 5.16 Å². The average molecular weight is 487 g/mol. The Balaban J connectivity index is 2.08. The highest BCUT2D eigenvalue weighted by molar-refractivity contribution is 7.96. The largest absolute Gasteiger partial charge is 0.329 e. The summed E-state index contributed by atoms with van der Waals surface area (Å²) in [5.41, 5.74) is 0. The molecule has 0 spiro atoms. The number of hydrogen-bond acceptors (Lipinski definition) is 2. The molecule has 0 radical (unpaired) electrons. The lowest BCUT2D eigenvalue weighted by Crippen LogP contribution is -2.28. The van der Waals surface area contributed by atoms with E-state index in [9.17, 15) is 5.16 Å². The Morgan fingerprint density at radius 3 is 1.15 bits per heavy atom. The minimum absolute atomic E-state index is 0.742. The second kappa shape index (κ2) is 9.81. The molecular weight excluding hydrogens is 454 g/mol. The molecule has 0 aliphatic carbocycles. The Morgan fingerprint density at radius 2 is 0.848 bits per heavy atom. The normalized spacial score (nSPS) is 12.3. The van der Waals surface area contributed by atoms with Crippen LogP contribution >= 0.6 is 14.1 Å². The molecule has 0 atom stereocenters. The molecule has 0 bridgehead atoms. The second-order valence-corrected chi connectivity index (χ2v) is 20.8. The van der Waals surface area contributed by atoms with Crippen molar-refractivity contribution in [1.82, 2.24) is 0 Å². The van der Waals surface area contributed by atoms with E-state index in [1.165, 1.54) is 10.6 Å². The summed E-state index contributed by atoms with van der Waals surface area (Å²) >= 11 is 0. The summed E-state index contributed by atoms with van der Waals surface area (Å²) in [6.45, 7) is 6.97. The van der Waals surface area contributed by atoms with Gasteiger partial charge in [-0.05, 0) is 21.2 Å². The first-order valence-corrected chi connectivity index (χ1v) is 18.7. The lowest BCUT2D eigenvalue weighted by atomic mass is 10.4. The molecule has 0 heterocycles. The Hall–Kier alpha value is -2.44. The molecule has 0 amide bonds. The monoisotopic (exact) mass is 486 g/mol. The zero-order valence-electron chi connectivity index (χ0n) is 19.6. The molecule has 2 nitrogen and oxygen atoms in total. The van der Waals surface area contributed by atoms with Gasteiger partial charge in [0, 0.05) is 20.0 Å². The molecule has 168 valence electrons. The number of rotatable bonds is 7. The van der Waals surface area contributed by atoms with Crippen molar-refractivity contribution in [3.63, 3.8) is 0 Å². The van der Waals surface area contributed by atoms with Crippen LogP contribution < -0.4 is 21.2 Å². The van der Waals surface area contributed by atoms with Crippen molar-refractivity contribution in [2.24, 2.45) is 4.41 Å². The Bertz CT molecular complexity index is 1200. The maximum atomic E-state index is 10.2. The fourth-order valence-electron chi connectivity index (χ4n) is 4.31. The fourth-order valence-corrected chi connectivity index (χ4v) is 18.5. The average Bonchev–Trinajstić information content (AvgIpc) is 2.85. The Morgan fingerprint density at radius 1 is 0.545 bits per heavy atom. The van der Waals surface area contributed by atoms with E-state index in [0.29, 0.717) is 0 Å². The maximum absolute atomic E-state index is 10.2. The van der Waals surface area contributed by atoms with E-state index in [1.54, 1.807) is 0 Å². The van der Waals surface area contributed by atoms with Crippen molar-refractivity contribution in [3.05, 3.63) is 121 Å². The molecule has 0 aromatic heterocycles. The van der Waals surface area contributed by atoms with Crippen molar-refractivity contribution in [1.29, 1.82) is 5.16 Å². The molecule has 0 aliphatic rings. The summed E-state index contributed by atoms with van der Waals surface area (Å²) in [5, 5.41) is 15.0. The molecule has 0 saturated heterocycles. The number of benzene rings is 4. The topological polar surface area (TPSA) is 36.2 Å². The van der Waals surface area contributed by atoms with Crippen molar-refractivity contribution in [2.75, 3.05) is 5.90 Å². The standard InChI is InChI=1S/C28H32N2P2Si/c1-33(2,3)30-32(27-20-12-6-13-21-27,28-22-14-7-15-23-28)24-31(29,25-16-8-4-9-17-25)26-18-10-5-11-19-26/h4-23,29H,24H2,1-3H3. The second-order valence-electron chi connectivity index (χ2n) is 9.33. The first-order valence-electron chi connectivity index (χ1n) is 11.3. The van der Waals surface area contributed by atoms with Gasteiger partial charge in [0.25, 0.3) is 0 Å². The van der Waals surface area contributed by atoms with Gasteiger partial charge in [0.05, 0.1) is 0 Å². The third-order valence-electron chi connectivity index (χ3n) is 5.65. The summed E-state index contributed by atoms with van der Waals surface area (Å²) < 4.78 is 5.77. The molecule has 1 N–H and O–H groups in total. The van der Waals surface area contributed by atoms with Crippen LogP contribution in [-0.4, -0.2) is 14.1 Å². The highest BCUT2D eigenvalue weighted by Crippen LogP contribution is 2.62. The summed E-state index contributed by atoms with van der Waals surface area (Å²) in [7, 11) is -6.56. The van der Waals surface area contributed by atoms with Gasteiger partial charge in [-0.2, -0.15) is 0 Å². The van der Waals surface area contributed by atoms with E-state index in [4.69, 9.17) is 4.41 Å². The van der Waals surface area contributed by atoms with Gasteiger partial charge in [0.15, 0.2) is 8.24 Å². The SMILES string of the molecule is C[Si](C)(C)N=P(CP(=N)(c1ccccc1)c1ccccc1)(c1ccccc1)c1ccccc1. The van der Waals surface area contributed by atoms with Crippen LogP contribution in [0.5, 0.6) is 0 Å². The van der Waals surface area contributed by atoms with Gasteiger partial charge >= 0.3 is 0 Å².